The van der Waals surface area contributed by atoms with Gasteiger partial charge in [-0.3, -0.25) is 4.98 Å². The van der Waals surface area contributed by atoms with E-state index >= 15 is 0 Å². The van der Waals surface area contributed by atoms with Crippen molar-refractivity contribution in [1.29, 1.82) is 0 Å². The third-order valence-electron chi connectivity index (χ3n) is 2.68. The number of halogens is 3. The van der Waals surface area contributed by atoms with Crippen molar-refractivity contribution >= 4 is 5.82 Å². The molecule has 19 heavy (non-hydrogen) atoms. The van der Waals surface area contributed by atoms with Crippen molar-refractivity contribution < 1.29 is 13.2 Å². The maximum atomic E-state index is 12.5. The van der Waals surface area contributed by atoms with Crippen LogP contribution in [0.4, 0.5) is 19.0 Å². The summed E-state index contributed by atoms with van der Waals surface area (Å²) in [5.41, 5.74) is 1.23. The number of aromatic nitrogens is 2. The maximum absolute atomic E-state index is 12.5. The average Bonchev–Trinajstić information content (AvgIpc) is 2.37. The molecule has 0 fully saturated rings. The van der Waals surface area contributed by atoms with Gasteiger partial charge in [0, 0.05) is 25.1 Å². The molecular weight excluding hydrogens is 255 g/mol. The third kappa shape index (κ3) is 3.43. The first kappa shape index (κ1) is 13.3. The van der Waals surface area contributed by atoms with Gasteiger partial charge in [-0.05, 0) is 36.2 Å². The van der Waals surface area contributed by atoms with Crippen LogP contribution in [0.25, 0.3) is 0 Å². The van der Waals surface area contributed by atoms with Crippen molar-refractivity contribution in [3.8, 4) is 0 Å². The molecule has 100 valence electrons. The summed E-state index contributed by atoms with van der Waals surface area (Å²) in [5.74, 6) is 0.200. The molecule has 0 unspecified atom stereocenters. The average molecular weight is 267 g/mol. The highest BCUT2D eigenvalue weighted by Gasteiger charge is 2.30. The zero-order valence-corrected chi connectivity index (χ0v) is 10.2. The number of alkyl halides is 3. The van der Waals surface area contributed by atoms with E-state index in [0.29, 0.717) is 6.54 Å². The van der Waals surface area contributed by atoms with Gasteiger partial charge in [0.25, 0.3) is 0 Å². The molecule has 1 N–H and O–H groups in total. The van der Waals surface area contributed by atoms with E-state index in [4.69, 9.17) is 0 Å². The van der Waals surface area contributed by atoms with E-state index in [9.17, 15) is 13.2 Å². The van der Waals surface area contributed by atoms with Gasteiger partial charge < -0.3 is 5.32 Å². The Hall–Kier alpha value is -2.11. The molecule has 0 saturated heterocycles. The normalized spacial score (nSPS) is 11.4. The monoisotopic (exact) mass is 267 g/mol. The number of hydrogen-bond donors (Lipinski definition) is 1. The smallest absolute Gasteiger partial charge is 0.366 e. The highest BCUT2D eigenvalue weighted by Crippen LogP contribution is 2.29. The van der Waals surface area contributed by atoms with Crippen LogP contribution in [0.5, 0.6) is 0 Å². The van der Waals surface area contributed by atoms with Crippen LogP contribution in [0.3, 0.4) is 0 Å². The summed E-state index contributed by atoms with van der Waals surface area (Å²) in [5, 5.41) is 2.88. The molecule has 0 spiro atoms. The number of rotatable bonds is 3. The summed E-state index contributed by atoms with van der Waals surface area (Å²) >= 11 is 0. The maximum Gasteiger partial charge on any atom is 0.416 e. The molecular formula is C13H12F3N3. The topological polar surface area (TPSA) is 37.8 Å². The fourth-order valence-electron chi connectivity index (χ4n) is 1.59. The van der Waals surface area contributed by atoms with E-state index in [1.807, 2.05) is 13.0 Å². The molecule has 2 heterocycles. The zero-order valence-electron chi connectivity index (χ0n) is 10.2. The summed E-state index contributed by atoms with van der Waals surface area (Å²) in [6, 6.07) is 3.76. The second-order valence-corrected chi connectivity index (χ2v) is 4.08. The number of nitrogens with zero attached hydrogens (tertiary/aromatic N) is 2. The minimum absolute atomic E-state index is 0.200. The van der Waals surface area contributed by atoms with Crippen LogP contribution in [0.1, 0.15) is 16.7 Å². The van der Waals surface area contributed by atoms with Gasteiger partial charge in [0.05, 0.1) is 5.56 Å². The Morgan fingerprint density at radius 3 is 2.68 bits per heavy atom. The van der Waals surface area contributed by atoms with E-state index in [1.54, 1.807) is 12.4 Å². The molecule has 2 rings (SSSR count). The SMILES string of the molecule is Cc1cnccc1CNc1cc(C(F)(F)F)ccn1. The molecule has 0 amide bonds. The highest BCUT2D eigenvalue weighted by atomic mass is 19.4. The summed E-state index contributed by atoms with van der Waals surface area (Å²) < 4.78 is 37.6. The molecule has 0 aliphatic carbocycles. The predicted molar refractivity (Wildman–Crippen MR) is 65.5 cm³/mol. The predicted octanol–water partition coefficient (Wildman–Crippen LogP) is 3.42. The summed E-state index contributed by atoms with van der Waals surface area (Å²) in [7, 11) is 0. The van der Waals surface area contributed by atoms with E-state index in [2.05, 4.69) is 15.3 Å². The molecule has 0 bridgehead atoms. The van der Waals surface area contributed by atoms with E-state index in [-0.39, 0.29) is 5.82 Å². The summed E-state index contributed by atoms with van der Waals surface area (Å²) in [6.45, 7) is 2.30. The second kappa shape index (κ2) is 5.26. The largest absolute Gasteiger partial charge is 0.416 e. The van der Waals surface area contributed by atoms with Crippen molar-refractivity contribution in [3.63, 3.8) is 0 Å². The van der Waals surface area contributed by atoms with E-state index in [0.717, 1.165) is 29.5 Å². The van der Waals surface area contributed by atoms with Crippen molar-refractivity contribution in [2.75, 3.05) is 5.32 Å². The fourth-order valence-corrected chi connectivity index (χ4v) is 1.59. The van der Waals surface area contributed by atoms with Crippen LogP contribution in [0, 0.1) is 6.92 Å². The minimum Gasteiger partial charge on any atom is -0.366 e. The van der Waals surface area contributed by atoms with Crippen LogP contribution in [0.15, 0.2) is 36.8 Å². The summed E-state index contributed by atoms with van der Waals surface area (Å²) in [4.78, 5) is 7.83. The number of pyridine rings is 2. The van der Waals surface area contributed by atoms with E-state index < -0.39 is 11.7 Å². The number of aryl methyl sites for hydroxylation is 1. The first-order valence-corrected chi connectivity index (χ1v) is 5.63. The molecule has 0 radical (unpaired) electrons. The van der Waals surface area contributed by atoms with Crippen molar-refractivity contribution in [1.82, 2.24) is 9.97 Å². The quantitative estimate of drug-likeness (QED) is 0.926. The molecule has 6 heteroatoms. The van der Waals surface area contributed by atoms with Crippen molar-refractivity contribution in [2.24, 2.45) is 0 Å². The Balaban J connectivity index is 2.10. The van der Waals surface area contributed by atoms with Gasteiger partial charge in [0.15, 0.2) is 0 Å². The van der Waals surface area contributed by atoms with Crippen LogP contribution in [-0.4, -0.2) is 9.97 Å². The lowest BCUT2D eigenvalue weighted by molar-refractivity contribution is -0.137. The van der Waals surface area contributed by atoms with Gasteiger partial charge in [-0.25, -0.2) is 4.98 Å². The first-order valence-electron chi connectivity index (χ1n) is 5.63. The molecule has 2 aromatic heterocycles. The number of hydrogen-bond acceptors (Lipinski definition) is 3. The van der Waals surface area contributed by atoms with Crippen LogP contribution in [0.2, 0.25) is 0 Å². The Bertz CT molecular complexity index is 567. The van der Waals surface area contributed by atoms with Crippen molar-refractivity contribution in [2.45, 2.75) is 19.6 Å². The van der Waals surface area contributed by atoms with Gasteiger partial charge >= 0.3 is 6.18 Å². The zero-order chi connectivity index (χ0) is 13.9. The molecule has 0 atom stereocenters. The summed E-state index contributed by atoms with van der Waals surface area (Å²) in [6.07, 6.45) is 0.136. The Kier molecular flexibility index (Phi) is 3.69. The highest BCUT2D eigenvalue weighted by molar-refractivity contribution is 5.40. The first-order chi connectivity index (χ1) is 8.97. The fraction of sp³-hybridized carbons (Fsp3) is 0.231. The number of nitrogens with one attached hydrogen (secondary N) is 1. The molecule has 0 saturated carbocycles. The molecule has 0 aromatic carbocycles. The Labute approximate surface area is 108 Å². The lowest BCUT2D eigenvalue weighted by Gasteiger charge is -2.10. The van der Waals surface area contributed by atoms with Gasteiger partial charge in [0.1, 0.15) is 5.82 Å². The van der Waals surface area contributed by atoms with Crippen LogP contribution < -0.4 is 5.32 Å². The minimum atomic E-state index is -4.36. The molecule has 2 aromatic rings. The van der Waals surface area contributed by atoms with Gasteiger partial charge in [-0.2, -0.15) is 13.2 Å². The lowest BCUT2D eigenvalue weighted by Crippen LogP contribution is -2.08. The number of anilines is 1. The van der Waals surface area contributed by atoms with Gasteiger partial charge in [-0.1, -0.05) is 0 Å². The standard InChI is InChI=1S/C13H12F3N3/c1-9-7-17-4-2-10(9)8-19-12-6-11(3-5-18-12)13(14,15)16/h2-7H,8H2,1H3,(H,18,19). The van der Waals surface area contributed by atoms with E-state index in [1.165, 1.54) is 0 Å². The lowest BCUT2D eigenvalue weighted by atomic mass is 10.1. The Morgan fingerprint density at radius 2 is 2.00 bits per heavy atom. The van der Waals surface area contributed by atoms with Crippen LogP contribution in [-0.2, 0) is 12.7 Å². The van der Waals surface area contributed by atoms with Crippen LogP contribution >= 0.6 is 0 Å². The second-order valence-electron chi connectivity index (χ2n) is 4.08. The third-order valence-corrected chi connectivity index (χ3v) is 2.68. The van der Waals surface area contributed by atoms with Crippen molar-refractivity contribution in [3.05, 3.63) is 53.5 Å². The molecule has 0 aliphatic heterocycles. The Morgan fingerprint density at radius 1 is 1.21 bits per heavy atom. The van der Waals surface area contributed by atoms with Gasteiger partial charge in [-0.15, -0.1) is 0 Å². The molecule has 3 nitrogen and oxygen atoms in total. The molecule has 0 aliphatic rings. The van der Waals surface area contributed by atoms with Gasteiger partial charge in [0.2, 0.25) is 0 Å².